The Bertz CT molecular complexity index is 432. The van der Waals surface area contributed by atoms with Crippen LogP contribution in [0.1, 0.15) is 33.6 Å². The number of rotatable bonds is 4. The van der Waals surface area contributed by atoms with Crippen molar-refractivity contribution in [1.29, 1.82) is 0 Å². The van der Waals surface area contributed by atoms with Gasteiger partial charge in [0.25, 0.3) is 0 Å². The average molecular weight is 292 g/mol. The third kappa shape index (κ3) is 3.91. The molecule has 7 nitrogen and oxygen atoms in total. The van der Waals surface area contributed by atoms with Crippen molar-refractivity contribution in [3.63, 3.8) is 0 Å². The van der Waals surface area contributed by atoms with Crippen molar-refractivity contribution in [1.82, 2.24) is 9.62 Å². The van der Waals surface area contributed by atoms with Crippen LogP contribution in [-0.4, -0.2) is 60.2 Å². The summed E-state index contributed by atoms with van der Waals surface area (Å²) < 4.78 is 24.9. The summed E-state index contributed by atoms with van der Waals surface area (Å²) in [6.07, 6.45) is 1.19. The van der Waals surface area contributed by atoms with Crippen molar-refractivity contribution in [2.45, 2.75) is 44.3 Å². The first-order valence-corrected chi connectivity index (χ1v) is 7.69. The van der Waals surface area contributed by atoms with Gasteiger partial charge in [0.2, 0.25) is 15.9 Å². The summed E-state index contributed by atoms with van der Waals surface area (Å²) in [5.74, 6) is -1.09. The van der Waals surface area contributed by atoms with Crippen molar-refractivity contribution in [2.24, 2.45) is 0 Å². The molecule has 1 rings (SSSR count). The lowest BCUT2D eigenvalue weighted by molar-refractivity contribution is -0.129. The Morgan fingerprint density at radius 3 is 2.47 bits per heavy atom. The van der Waals surface area contributed by atoms with Crippen molar-refractivity contribution in [2.75, 3.05) is 13.1 Å². The number of nitrogens with one attached hydrogen (secondary N) is 1. The van der Waals surface area contributed by atoms with E-state index in [0.717, 1.165) is 0 Å². The van der Waals surface area contributed by atoms with Gasteiger partial charge in [0, 0.05) is 6.54 Å². The lowest BCUT2D eigenvalue weighted by atomic mass is 9.78. The van der Waals surface area contributed by atoms with Crippen molar-refractivity contribution in [3.8, 4) is 0 Å². The normalized spacial score (nSPS) is 20.7. The molecule has 0 saturated carbocycles. The predicted molar refractivity (Wildman–Crippen MR) is 71.6 cm³/mol. The number of nitrogens with zero attached hydrogens (tertiary/aromatic N) is 1. The van der Waals surface area contributed by atoms with E-state index in [9.17, 15) is 13.2 Å². The second kappa shape index (κ2) is 5.78. The third-order valence-electron chi connectivity index (χ3n) is 3.18. The number of hydrogen-bond acceptors (Lipinski definition) is 5. The van der Waals surface area contributed by atoms with E-state index >= 15 is 0 Å². The third-order valence-corrected chi connectivity index (χ3v) is 5.32. The molecule has 0 aliphatic carbocycles. The van der Waals surface area contributed by atoms with E-state index in [4.69, 9.17) is 10.0 Å². The molecule has 0 aromatic rings. The topological polar surface area (TPSA) is 107 Å². The fourth-order valence-electron chi connectivity index (χ4n) is 1.89. The van der Waals surface area contributed by atoms with Gasteiger partial charge in [-0.05, 0) is 33.6 Å². The van der Waals surface area contributed by atoms with Crippen LogP contribution in [0.15, 0.2) is 0 Å². The van der Waals surface area contributed by atoms with E-state index in [2.05, 4.69) is 4.72 Å². The van der Waals surface area contributed by atoms with Crippen LogP contribution in [0.4, 0.5) is 0 Å². The molecule has 1 aliphatic heterocycles. The van der Waals surface area contributed by atoms with Crippen molar-refractivity contribution in [3.05, 3.63) is 0 Å². The lowest BCUT2D eigenvalue weighted by Crippen LogP contribution is -2.50. The van der Waals surface area contributed by atoms with Gasteiger partial charge in [0.15, 0.2) is 0 Å². The largest absolute Gasteiger partial charge is 0.475 e. The molecule has 0 aromatic carbocycles. The fourth-order valence-corrected chi connectivity index (χ4v) is 2.63. The summed E-state index contributed by atoms with van der Waals surface area (Å²) >= 11 is 0. The van der Waals surface area contributed by atoms with E-state index in [0.29, 0.717) is 19.4 Å². The van der Waals surface area contributed by atoms with Gasteiger partial charge < -0.3 is 14.9 Å². The van der Waals surface area contributed by atoms with E-state index in [-0.39, 0.29) is 6.54 Å². The number of amides is 1. The number of sulfonamides is 1. The summed E-state index contributed by atoms with van der Waals surface area (Å²) in [7, 11) is -5.17. The van der Waals surface area contributed by atoms with E-state index in [1.807, 2.05) is 0 Å². The van der Waals surface area contributed by atoms with Gasteiger partial charge in [-0.1, -0.05) is 0 Å². The Kier molecular flexibility index (Phi) is 5.00. The molecule has 1 unspecified atom stereocenters. The summed E-state index contributed by atoms with van der Waals surface area (Å²) in [4.78, 5) is 13.2. The molecule has 110 valence electrons. The van der Waals surface area contributed by atoms with E-state index in [1.165, 1.54) is 25.7 Å². The highest BCUT2D eigenvalue weighted by Gasteiger charge is 2.37. The second-order valence-corrected chi connectivity index (χ2v) is 8.17. The minimum Gasteiger partial charge on any atom is -0.426 e. The smallest absolute Gasteiger partial charge is 0.426 e. The fraction of sp³-hybridized carbons (Fsp3) is 0.900. The molecule has 0 bridgehead atoms. The molecule has 1 fully saturated rings. The highest BCUT2D eigenvalue weighted by atomic mass is 32.2. The quantitative estimate of drug-likeness (QED) is 0.559. The minimum atomic E-state index is -3.58. The molecular formula is C10H21BN2O5S. The van der Waals surface area contributed by atoms with Gasteiger partial charge in [-0.15, -0.1) is 0 Å². The summed E-state index contributed by atoms with van der Waals surface area (Å²) in [5.41, 5.74) is 0. The van der Waals surface area contributed by atoms with Crippen LogP contribution in [0.25, 0.3) is 0 Å². The highest BCUT2D eigenvalue weighted by Crippen LogP contribution is 2.18. The van der Waals surface area contributed by atoms with Gasteiger partial charge in [-0.25, -0.2) is 13.1 Å². The predicted octanol–water partition coefficient (Wildman–Crippen LogP) is -1.29. The molecule has 1 heterocycles. The average Bonchev–Trinajstić information content (AvgIpc) is 2.73. The number of hydrogen-bond donors (Lipinski definition) is 3. The minimum absolute atomic E-state index is 0.358. The van der Waals surface area contributed by atoms with Crippen molar-refractivity contribution < 1.29 is 23.3 Å². The Balaban J connectivity index is 2.62. The first-order chi connectivity index (χ1) is 8.56. The van der Waals surface area contributed by atoms with Gasteiger partial charge in [0.1, 0.15) is 0 Å². The first kappa shape index (κ1) is 16.4. The molecule has 19 heavy (non-hydrogen) atoms. The van der Waals surface area contributed by atoms with Gasteiger partial charge >= 0.3 is 7.12 Å². The molecule has 1 amide bonds. The second-order valence-electron chi connectivity index (χ2n) is 5.65. The molecule has 1 saturated heterocycles. The molecule has 0 aromatic heterocycles. The maximum atomic E-state index is 11.9. The van der Waals surface area contributed by atoms with E-state index in [1.54, 1.807) is 0 Å². The maximum Gasteiger partial charge on any atom is 0.475 e. The maximum absolute atomic E-state index is 11.9. The van der Waals surface area contributed by atoms with E-state index < -0.39 is 33.7 Å². The van der Waals surface area contributed by atoms with Crippen LogP contribution in [0.5, 0.6) is 0 Å². The van der Waals surface area contributed by atoms with Crippen LogP contribution >= 0.6 is 0 Å². The molecule has 1 aliphatic rings. The van der Waals surface area contributed by atoms with Crippen LogP contribution in [0, 0.1) is 0 Å². The van der Waals surface area contributed by atoms with Gasteiger partial charge in [-0.2, -0.15) is 0 Å². The Hall–Kier alpha value is -0.635. The van der Waals surface area contributed by atoms with Crippen LogP contribution < -0.4 is 4.72 Å². The lowest BCUT2D eigenvalue weighted by Gasteiger charge is -2.25. The number of likely N-dealkylation sites (tertiary alicyclic amines) is 1. The summed E-state index contributed by atoms with van der Waals surface area (Å²) in [5, 5.41) is 18.3. The molecule has 0 radical (unpaired) electrons. The molecule has 0 spiro atoms. The van der Waals surface area contributed by atoms with Crippen LogP contribution in [0.3, 0.4) is 0 Å². The van der Waals surface area contributed by atoms with Crippen LogP contribution in [-0.2, 0) is 14.8 Å². The van der Waals surface area contributed by atoms with Gasteiger partial charge in [0.05, 0.1) is 17.2 Å². The Morgan fingerprint density at radius 2 is 2.00 bits per heavy atom. The summed E-state index contributed by atoms with van der Waals surface area (Å²) in [6.45, 7) is 4.67. The van der Waals surface area contributed by atoms with Crippen molar-refractivity contribution >= 4 is 23.0 Å². The standard InChI is InChI=1S/C10H21BN2O5S/c1-10(2,3)19(17,18)12-7-9(14)13-6-4-5-8(13)11(15)16/h8,12,15-16H,4-7H2,1-3H3. The zero-order valence-electron chi connectivity index (χ0n) is 11.5. The van der Waals surface area contributed by atoms with Gasteiger partial charge in [-0.3, -0.25) is 4.79 Å². The molecular weight excluding hydrogens is 271 g/mol. The monoisotopic (exact) mass is 292 g/mol. The Morgan fingerprint density at radius 1 is 1.42 bits per heavy atom. The first-order valence-electron chi connectivity index (χ1n) is 6.21. The number of carbonyl (C=O) groups excluding carboxylic acids is 1. The number of carbonyl (C=O) groups is 1. The Labute approximate surface area is 114 Å². The zero-order valence-corrected chi connectivity index (χ0v) is 12.3. The molecule has 3 N–H and O–H groups in total. The molecule has 9 heteroatoms. The van der Waals surface area contributed by atoms with Crippen LogP contribution in [0.2, 0.25) is 0 Å². The molecule has 1 atom stereocenters. The summed E-state index contributed by atoms with van der Waals surface area (Å²) in [6, 6.07) is 0. The highest BCUT2D eigenvalue weighted by molar-refractivity contribution is 7.90. The zero-order chi connectivity index (χ0) is 14.8. The SMILES string of the molecule is CC(C)(C)S(=O)(=O)NCC(=O)N1CCCC1B(O)O.